The minimum Gasteiger partial charge on any atom is -0.460 e. The van der Waals surface area contributed by atoms with E-state index in [4.69, 9.17) is 9.47 Å². The summed E-state index contributed by atoms with van der Waals surface area (Å²) in [5.41, 5.74) is 0.516. The Hall–Kier alpha value is -1.53. The first-order valence-corrected chi connectivity index (χ1v) is 14.7. The molecule has 1 N–H and O–H groups in total. The van der Waals surface area contributed by atoms with Crippen molar-refractivity contribution in [1.82, 2.24) is 0 Å². The van der Waals surface area contributed by atoms with E-state index in [9.17, 15) is 19.5 Å². The summed E-state index contributed by atoms with van der Waals surface area (Å²) in [4.78, 5) is 38.6. The van der Waals surface area contributed by atoms with E-state index in [-0.39, 0.29) is 62.9 Å². The number of ether oxygens (including phenoxy) is 2. The van der Waals surface area contributed by atoms with Gasteiger partial charge in [-0.15, -0.1) is 0 Å². The van der Waals surface area contributed by atoms with Gasteiger partial charge < -0.3 is 14.6 Å². The number of rotatable bonds is 5. The van der Waals surface area contributed by atoms with Gasteiger partial charge in [-0.25, -0.2) is 0 Å². The van der Waals surface area contributed by atoms with Gasteiger partial charge in [-0.2, -0.15) is 0 Å². The molecule has 0 spiro atoms. The van der Waals surface area contributed by atoms with Crippen LogP contribution in [-0.4, -0.2) is 46.6 Å². The Morgan fingerprint density at radius 2 is 1.74 bits per heavy atom. The molecule has 3 saturated carbocycles. The highest BCUT2D eigenvalue weighted by Gasteiger charge is 2.70. The molecule has 38 heavy (non-hydrogen) atoms. The predicted molar refractivity (Wildman–Crippen MR) is 144 cm³/mol. The van der Waals surface area contributed by atoms with Crippen LogP contribution >= 0.6 is 0 Å². The average Bonchev–Trinajstić information content (AvgIpc) is 3.32. The minimum absolute atomic E-state index is 0.0341. The fourth-order valence-electron chi connectivity index (χ4n) is 10.3. The zero-order chi connectivity index (χ0) is 28.2. The van der Waals surface area contributed by atoms with Crippen molar-refractivity contribution in [2.45, 2.75) is 131 Å². The van der Waals surface area contributed by atoms with Crippen LogP contribution < -0.4 is 0 Å². The van der Waals surface area contributed by atoms with Crippen LogP contribution in [0.3, 0.4) is 0 Å². The van der Waals surface area contributed by atoms with Gasteiger partial charge >= 0.3 is 5.97 Å². The average molecular weight is 529 g/mol. The number of hydrogen-bond acceptors (Lipinski definition) is 6. The monoisotopic (exact) mass is 528 g/mol. The van der Waals surface area contributed by atoms with Gasteiger partial charge in [0.25, 0.3) is 0 Å². The number of fused-ring (bicyclic) bond motifs is 5. The van der Waals surface area contributed by atoms with Gasteiger partial charge in [0.1, 0.15) is 18.0 Å². The third-order valence-corrected chi connectivity index (χ3v) is 12.3. The summed E-state index contributed by atoms with van der Waals surface area (Å²) in [6.07, 6.45) is 3.59. The second-order valence-corrected chi connectivity index (χ2v) is 15.2. The first kappa shape index (κ1) is 28.0. The van der Waals surface area contributed by atoms with Crippen molar-refractivity contribution in [3.05, 3.63) is 11.1 Å². The van der Waals surface area contributed by atoms with Crippen LogP contribution in [0.1, 0.15) is 107 Å². The molecule has 4 aliphatic carbocycles. The summed E-state index contributed by atoms with van der Waals surface area (Å²) in [6, 6.07) is 0. The highest BCUT2D eigenvalue weighted by molar-refractivity contribution is 6.00. The lowest BCUT2D eigenvalue weighted by Crippen LogP contribution is -2.65. The Morgan fingerprint density at radius 3 is 2.32 bits per heavy atom. The first-order valence-electron chi connectivity index (χ1n) is 14.7. The molecule has 212 valence electrons. The van der Waals surface area contributed by atoms with E-state index in [0.29, 0.717) is 31.5 Å². The largest absolute Gasteiger partial charge is 0.460 e. The molecule has 5 rings (SSSR count). The molecule has 1 unspecified atom stereocenters. The van der Waals surface area contributed by atoms with Crippen LogP contribution in [0.4, 0.5) is 0 Å². The number of carbonyl (C=O) groups is 3. The van der Waals surface area contributed by atoms with E-state index in [1.54, 1.807) is 0 Å². The first-order chi connectivity index (χ1) is 17.4. The Kier molecular flexibility index (Phi) is 6.26. The number of aliphatic hydroxyl groups excluding tert-OH is 1. The van der Waals surface area contributed by atoms with Gasteiger partial charge in [0.2, 0.25) is 0 Å². The normalized spacial score (nSPS) is 44.6. The van der Waals surface area contributed by atoms with E-state index >= 15 is 0 Å². The van der Waals surface area contributed by atoms with Gasteiger partial charge in [-0.3, -0.25) is 14.4 Å². The lowest BCUT2D eigenvalue weighted by molar-refractivity contribution is -0.208. The SMILES string of the molecule is CC(=O)O[C@@H](C[C@@H](C)C1=C2C[C@H](O)[C@H]3[C@@]4(C)CCC(=O)C(C)(C)C4CC[C@]3(C)[C@@]2(C)CC1=O)[C@H]1OC1(C)C. The predicted octanol–water partition coefficient (Wildman–Crippen LogP) is 5.59. The van der Waals surface area contributed by atoms with E-state index < -0.39 is 12.2 Å². The Bertz CT molecular complexity index is 1100. The van der Waals surface area contributed by atoms with Gasteiger partial charge in [0.15, 0.2) is 5.78 Å². The molecular weight excluding hydrogens is 480 g/mol. The Balaban J connectivity index is 1.50. The molecule has 1 heterocycles. The number of aliphatic hydroxyl groups is 1. The van der Waals surface area contributed by atoms with Gasteiger partial charge in [0.05, 0.1) is 11.7 Å². The Labute approximate surface area is 228 Å². The summed E-state index contributed by atoms with van der Waals surface area (Å²) in [6.45, 7) is 18.6. The number of esters is 1. The summed E-state index contributed by atoms with van der Waals surface area (Å²) >= 11 is 0. The van der Waals surface area contributed by atoms with Crippen molar-refractivity contribution in [1.29, 1.82) is 0 Å². The molecule has 0 aromatic heterocycles. The molecule has 1 saturated heterocycles. The van der Waals surface area contributed by atoms with Crippen LogP contribution in [0.5, 0.6) is 0 Å². The summed E-state index contributed by atoms with van der Waals surface area (Å²) in [7, 11) is 0. The molecule has 0 radical (unpaired) electrons. The summed E-state index contributed by atoms with van der Waals surface area (Å²) in [5, 5.41) is 11.9. The number of ketones is 2. The van der Waals surface area contributed by atoms with E-state index in [2.05, 4.69) is 41.5 Å². The quantitative estimate of drug-likeness (QED) is 0.369. The maximum absolute atomic E-state index is 13.8. The van der Waals surface area contributed by atoms with Gasteiger partial charge in [-0.05, 0) is 80.1 Å². The van der Waals surface area contributed by atoms with Crippen molar-refractivity contribution in [2.24, 2.45) is 39.4 Å². The fraction of sp³-hybridized carbons (Fsp3) is 0.844. The van der Waals surface area contributed by atoms with Crippen molar-refractivity contribution < 1.29 is 29.0 Å². The molecule has 6 nitrogen and oxygen atoms in total. The number of allylic oxidation sites excluding steroid dienone is 1. The van der Waals surface area contributed by atoms with Crippen LogP contribution in [0, 0.1) is 39.4 Å². The summed E-state index contributed by atoms with van der Waals surface area (Å²) in [5.74, 6) is 0.350. The van der Waals surface area contributed by atoms with Crippen molar-refractivity contribution in [3.8, 4) is 0 Å². The highest BCUT2D eigenvalue weighted by Crippen LogP contribution is 2.73. The number of Topliss-reactive ketones (excluding diaryl/α,β-unsaturated/α-hetero) is 2. The molecule has 6 heteroatoms. The molecule has 0 amide bonds. The number of carbonyl (C=O) groups excluding carboxylic acids is 3. The second kappa shape index (κ2) is 8.49. The molecule has 0 bridgehead atoms. The fourth-order valence-corrected chi connectivity index (χ4v) is 10.3. The van der Waals surface area contributed by atoms with Crippen molar-refractivity contribution in [2.75, 3.05) is 0 Å². The lowest BCUT2D eigenvalue weighted by Gasteiger charge is -2.68. The number of epoxide rings is 1. The molecule has 0 aromatic rings. The molecule has 9 atom stereocenters. The number of hydrogen-bond donors (Lipinski definition) is 1. The lowest BCUT2D eigenvalue weighted by atomic mass is 9.36. The standard InChI is InChI=1S/C32H48O6/c1-17(14-22(37-18(2)33)27-29(5,6)38-27)25-19-15-20(34)26-30(7)12-11-24(36)28(3,4)23(30)10-13-31(26,8)32(19,9)16-21(25)35/h17,20,22-23,26-27,34H,10-16H2,1-9H3/t17-,20+,22+,23?,26+,27-,30+,31+,32+/m1/s1. The maximum Gasteiger partial charge on any atom is 0.302 e. The molecule has 1 aliphatic heterocycles. The minimum atomic E-state index is -0.553. The smallest absolute Gasteiger partial charge is 0.302 e. The zero-order valence-corrected chi connectivity index (χ0v) is 24.9. The van der Waals surface area contributed by atoms with E-state index in [1.807, 2.05) is 13.8 Å². The third kappa shape index (κ3) is 3.75. The highest BCUT2D eigenvalue weighted by atomic mass is 16.6. The van der Waals surface area contributed by atoms with Gasteiger partial charge in [0, 0.05) is 30.6 Å². The molecule has 5 aliphatic rings. The molecule has 0 aromatic carbocycles. The van der Waals surface area contributed by atoms with Crippen LogP contribution in [0.15, 0.2) is 11.1 Å². The van der Waals surface area contributed by atoms with E-state index in [1.165, 1.54) is 6.92 Å². The second-order valence-electron chi connectivity index (χ2n) is 15.2. The topological polar surface area (TPSA) is 93.2 Å². The van der Waals surface area contributed by atoms with Crippen LogP contribution in [0.2, 0.25) is 0 Å². The molecule has 4 fully saturated rings. The summed E-state index contributed by atoms with van der Waals surface area (Å²) < 4.78 is 11.5. The zero-order valence-electron chi connectivity index (χ0n) is 24.9. The van der Waals surface area contributed by atoms with Crippen LogP contribution in [-0.2, 0) is 23.9 Å². The van der Waals surface area contributed by atoms with Crippen molar-refractivity contribution >= 4 is 17.5 Å². The Morgan fingerprint density at radius 1 is 1.11 bits per heavy atom. The maximum atomic E-state index is 13.8. The van der Waals surface area contributed by atoms with E-state index in [0.717, 1.165) is 30.4 Å². The third-order valence-electron chi connectivity index (χ3n) is 12.3. The molecular formula is C32H48O6. The van der Waals surface area contributed by atoms with Gasteiger partial charge in [-0.1, -0.05) is 47.1 Å². The van der Waals surface area contributed by atoms with Crippen molar-refractivity contribution in [3.63, 3.8) is 0 Å². The van der Waals surface area contributed by atoms with Crippen LogP contribution in [0.25, 0.3) is 0 Å².